The van der Waals surface area contributed by atoms with Crippen molar-refractivity contribution < 1.29 is 17.9 Å². The van der Waals surface area contributed by atoms with Crippen molar-refractivity contribution in [1.29, 1.82) is 0 Å². The summed E-state index contributed by atoms with van der Waals surface area (Å²) >= 11 is -2.80. The largest absolute Gasteiger partial charge is 0.740 e. The predicted molar refractivity (Wildman–Crippen MR) is 47.1 cm³/mol. The molecule has 0 aliphatic carbocycles. The summed E-state index contributed by atoms with van der Waals surface area (Å²) in [5.74, 6) is -0.257. The van der Waals surface area contributed by atoms with E-state index in [1.165, 1.54) is 6.07 Å². The van der Waals surface area contributed by atoms with Crippen LogP contribution < -0.4 is 9.92 Å². The maximum Gasteiger partial charge on any atom is 0.273 e. The number of benzene rings is 1. The summed E-state index contributed by atoms with van der Waals surface area (Å²) in [4.78, 5) is 9.62. The Morgan fingerprint density at radius 2 is 2.14 bits per heavy atom. The average molecular weight is 217 g/mol. The molecule has 0 aromatic heterocycles. The Kier molecular flexibility index (Phi) is 2.99. The van der Waals surface area contributed by atoms with Gasteiger partial charge in [-0.25, -0.2) is 4.21 Å². The molecule has 0 fully saturated rings. The van der Waals surface area contributed by atoms with Gasteiger partial charge in [-0.15, -0.1) is 0 Å². The van der Waals surface area contributed by atoms with Crippen molar-refractivity contribution in [2.75, 3.05) is 5.73 Å². The van der Waals surface area contributed by atoms with Gasteiger partial charge in [-0.2, -0.15) is 0 Å². The molecular formula is C6H5N2O5S-. The van der Waals surface area contributed by atoms with Crippen LogP contribution in [0, 0.1) is 10.1 Å². The standard InChI is InChI=1S/C6H6N2O5S/c7-5-2-1-4(8(9)10)3-6(5)13-14(11)12/h1-3H,7H2,(H,11,12)/p-1. The Morgan fingerprint density at radius 3 is 2.64 bits per heavy atom. The summed E-state index contributed by atoms with van der Waals surface area (Å²) in [5, 5.41) is 10.3. The molecule has 2 N–H and O–H groups in total. The maximum absolute atomic E-state index is 10.3. The van der Waals surface area contributed by atoms with Gasteiger partial charge in [0.2, 0.25) is 0 Å². The zero-order chi connectivity index (χ0) is 10.7. The Labute approximate surface area is 81.1 Å². The van der Waals surface area contributed by atoms with Gasteiger partial charge in [0, 0.05) is 6.07 Å². The summed E-state index contributed by atoms with van der Waals surface area (Å²) in [6.07, 6.45) is 0. The van der Waals surface area contributed by atoms with Crippen LogP contribution in [-0.2, 0) is 11.4 Å². The number of hydrogen-bond donors (Lipinski definition) is 1. The number of rotatable bonds is 3. The van der Waals surface area contributed by atoms with Crippen molar-refractivity contribution in [2.24, 2.45) is 0 Å². The number of nitro benzene ring substituents is 1. The zero-order valence-electron chi connectivity index (χ0n) is 6.71. The molecule has 0 amide bonds. The first-order valence-corrected chi connectivity index (χ1v) is 4.32. The van der Waals surface area contributed by atoms with E-state index >= 15 is 0 Å². The van der Waals surface area contributed by atoms with Crippen LogP contribution in [-0.4, -0.2) is 13.7 Å². The Hall–Kier alpha value is -1.67. The second-order valence-corrected chi connectivity index (χ2v) is 2.84. The molecule has 1 rings (SSSR count). The lowest BCUT2D eigenvalue weighted by Crippen LogP contribution is -2.01. The topological polar surface area (TPSA) is 119 Å². The fourth-order valence-electron chi connectivity index (χ4n) is 0.782. The first kappa shape index (κ1) is 10.4. The monoisotopic (exact) mass is 217 g/mol. The highest BCUT2D eigenvalue weighted by Gasteiger charge is 2.10. The summed E-state index contributed by atoms with van der Waals surface area (Å²) in [6.45, 7) is 0. The third-order valence-corrected chi connectivity index (χ3v) is 1.68. The quantitative estimate of drug-likeness (QED) is 0.337. The normalized spacial score (nSPS) is 12.1. The van der Waals surface area contributed by atoms with Crippen LogP contribution in [0.25, 0.3) is 0 Å². The number of hydrogen-bond acceptors (Lipinski definition) is 6. The van der Waals surface area contributed by atoms with E-state index < -0.39 is 16.3 Å². The number of nitrogen functional groups attached to an aromatic ring is 1. The summed E-state index contributed by atoms with van der Waals surface area (Å²) in [5.41, 5.74) is 5.04. The smallest absolute Gasteiger partial charge is 0.273 e. The molecule has 1 aromatic rings. The number of nitrogens with zero attached hydrogens (tertiary/aromatic N) is 1. The zero-order valence-corrected chi connectivity index (χ0v) is 7.52. The van der Waals surface area contributed by atoms with Gasteiger partial charge in [-0.1, -0.05) is 0 Å². The Morgan fingerprint density at radius 1 is 1.50 bits per heavy atom. The molecule has 0 aliphatic rings. The molecule has 0 bridgehead atoms. The number of anilines is 1. The van der Waals surface area contributed by atoms with E-state index in [1.807, 2.05) is 0 Å². The second-order valence-electron chi connectivity index (χ2n) is 2.27. The Bertz CT molecular complexity index is 394. The van der Waals surface area contributed by atoms with E-state index in [2.05, 4.69) is 4.18 Å². The van der Waals surface area contributed by atoms with Crippen molar-refractivity contribution in [1.82, 2.24) is 0 Å². The van der Waals surface area contributed by atoms with Gasteiger partial charge in [0.25, 0.3) is 5.69 Å². The Balaban J connectivity index is 3.08. The summed E-state index contributed by atoms with van der Waals surface area (Å²) in [7, 11) is 0. The van der Waals surface area contributed by atoms with Gasteiger partial charge in [-0.3, -0.25) is 10.1 Å². The third kappa shape index (κ3) is 2.41. The van der Waals surface area contributed by atoms with Crippen molar-refractivity contribution in [2.45, 2.75) is 0 Å². The minimum absolute atomic E-state index is 0.0137. The van der Waals surface area contributed by atoms with Crippen LogP contribution in [0.15, 0.2) is 18.2 Å². The lowest BCUT2D eigenvalue weighted by molar-refractivity contribution is -0.384. The fraction of sp³-hybridized carbons (Fsp3) is 0. The highest BCUT2D eigenvalue weighted by Crippen LogP contribution is 2.26. The van der Waals surface area contributed by atoms with Crippen LogP contribution in [0.2, 0.25) is 0 Å². The van der Waals surface area contributed by atoms with Gasteiger partial charge in [0.15, 0.2) is 5.75 Å². The van der Waals surface area contributed by atoms with E-state index in [4.69, 9.17) is 5.73 Å². The molecule has 14 heavy (non-hydrogen) atoms. The predicted octanol–water partition coefficient (Wildman–Crippen LogP) is 0.350. The van der Waals surface area contributed by atoms with Crippen LogP contribution in [0.3, 0.4) is 0 Å². The van der Waals surface area contributed by atoms with Crippen molar-refractivity contribution in [3.05, 3.63) is 28.3 Å². The SMILES string of the molecule is Nc1ccc([N+](=O)[O-])cc1OS(=O)[O-]. The molecule has 7 nitrogen and oxygen atoms in total. The molecule has 0 spiro atoms. The highest BCUT2D eigenvalue weighted by molar-refractivity contribution is 7.74. The molecule has 76 valence electrons. The van der Waals surface area contributed by atoms with Crippen LogP contribution >= 0.6 is 0 Å². The van der Waals surface area contributed by atoms with E-state index in [0.717, 1.165) is 12.1 Å². The lowest BCUT2D eigenvalue weighted by Gasteiger charge is -2.08. The summed E-state index contributed by atoms with van der Waals surface area (Å²) < 4.78 is 24.5. The van der Waals surface area contributed by atoms with Crippen LogP contribution in [0.4, 0.5) is 11.4 Å². The van der Waals surface area contributed by atoms with Crippen LogP contribution in [0.5, 0.6) is 5.75 Å². The minimum Gasteiger partial charge on any atom is -0.740 e. The average Bonchev–Trinajstić information content (AvgIpc) is 2.07. The van der Waals surface area contributed by atoms with Gasteiger partial charge in [0.05, 0.1) is 16.7 Å². The van der Waals surface area contributed by atoms with Crippen molar-refractivity contribution >= 4 is 22.7 Å². The van der Waals surface area contributed by atoms with E-state index in [0.29, 0.717) is 0 Å². The molecular weight excluding hydrogens is 212 g/mol. The molecule has 8 heteroatoms. The number of nitro groups is 1. The summed E-state index contributed by atoms with van der Waals surface area (Å²) in [6, 6.07) is 3.28. The first-order valence-electron chi connectivity index (χ1n) is 3.32. The molecule has 0 aliphatic heterocycles. The number of non-ortho nitro benzene ring substituents is 1. The van der Waals surface area contributed by atoms with Crippen molar-refractivity contribution in [3.63, 3.8) is 0 Å². The van der Waals surface area contributed by atoms with Gasteiger partial charge in [0.1, 0.15) is 11.4 Å². The second kappa shape index (κ2) is 4.03. The molecule has 0 saturated heterocycles. The maximum atomic E-state index is 10.3. The van der Waals surface area contributed by atoms with Gasteiger partial charge >= 0.3 is 0 Å². The van der Waals surface area contributed by atoms with E-state index in [-0.39, 0.29) is 17.1 Å². The van der Waals surface area contributed by atoms with Gasteiger partial charge in [-0.05, 0) is 6.07 Å². The van der Waals surface area contributed by atoms with Crippen LogP contribution in [0.1, 0.15) is 0 Å². The minimum atomic E-state index is -2.80. The molecule has 1 atom stereocenters. The fourth-order valence-corrected chi connectivity index (χ4v) is 1.07. The first-order chi connectivity index (χ1) is 6.50. The van der Waals surface area contributed by atoms with E-state index in [1.54, 1.807) is 0 Å². The lowest BCUT2D eigenvalue weighted by atomic mass is 10.3. The highest BCUT2D eigenvalue weighted by atomic mass is 32.2. The molecule has 0 heterocycles. The third-order valence-electron chi connectivity index (χ3n) is 1.37. The van der Waals surface area contributed by atoms with Crippen molar-refractivity contribution in [3.8, 4) is 5.75 Å². The molecule has 1 unspecified atom stereocenters. The van der Waals surface area contributed by atoms with Gasteiger partial charge < -0.3 is 14.5 Å². The molecule has 0 radical (unpaired) electrons. The molecule has 0 saturated carbocycles. The molecule has 1 aromatic carbocycles. The van der Waals surface area contributed by atoms with E-state index in [9.17, 15) is 18.9 Å². The number of nitrogens with two attached hydrogens (primary N) is 1.